The molecular formula is C10H16N2O3. The van der Waals surface area contributed by atoms with Gasteiger partial charge in [0.1, 0.15) is 0 Å². The lowest BCUT2D eigenvalue weighted by Gasteiger charge is -2.25. The lowest BCUT2D eigenvalue weighted by Crippen LogP contribution is -2.47. The number of ether oxygens (including phenoxy) is 1. The van der Waals surface area contributed by atoms with E-state index in [4.69, 9.17) is 0 Å². The molecule has 5 nitrogen and oxygen atoms in total. The van der Waals surface area contributed by atoms with Crippen molar-refractivity contribution in [3.63, 3.8) is 0 Å². The molecule has 0 aromatic carbocycles. The Bertz CT molecular complexity index is 286. The minimum absolute atomic E-state index is 0.0328. The summed E-state index contributed by atoms with van der Waals surface area (Å²) in [5.74, 6) is -0.290. The molecule has 5 heteroatoms. The van der Waals surface area contributed by atoms with Crippen LogP contribution in [0.4, 0.5) is 0 Å². The monoisotopic (exact) mass is 212 g/mol. The molecule has 0 unspecified atom stereocenters. The van der Waals surface area contributed by atoms with Gasteiger partial charge in [-0.25, -0.2) is 4.79 Å². The van der Waals surface area contributed by atoms with E-state index in [1.165, 1.54) is 7.11 Å². The van der Waals surface area contributed by atoms with E-state index in [9.17, 15) is 9.59 Å². The summed E-state index contributed by atoms with van der Waals surface area (Å²) in [4.78, 5) is 24.1. The van der Waals surface area contributed by atoms with Gasteiger partial charge in [-0.1, -0.05) is 6.08 Å². The van der Waals surface area contributed by atoms with Crippen LogP contribution in [-0.2, 0) is 14.3 Å². The van der Waals surface area contributed by atoms with Crippen LogP contribution in [0.1, 0.15) is 6.92 Å². The first-order chi connectivity index (χ1) is 7.13. The van der Waals surface area contributed by atoms with E-state index in [1.807, 2.05) is 4.90 Å². The molecule has 0 spiro atoms. The van der Waals surface area contributed by atoms with Crippen LogP contribution in [0.5, 0.6) is 0 Å². The minimum Gasteiger partial charge on any atom is -0.466 e. The zero-order chi connectivity index (χ0) is 11.3. The van der Waals surface area contributed by atoms with Crippen LogP contribution < -0.4 is 5.32 Å². The lowest BCUT2D eigenvalue weighted by atomic mass is 10.2. The van der Waals surface area contributed by atoms with Gasteiger partial charge < -0.3 is 10.1 Å². The highest BCUT2D eigenvalue weighted by atomic mass is 16.5. The van der Waals surface area contributed by atoms with Gasteiger partial charge in [-0.3, -0.25) is 9.69 Å². The molecule has 1 aliphatic heterocycles. The number of nitrogens with one attached hydrogen (secondary N) is 1. The predicted octanol–water partition coefficient (Wildman–Crippen LogP) is -0.462. The van der Waals surface area contributed by atoms with Gasteiger partial charge in [-0.15, -0.1) is 0 Å². The second-order valence-corrected chi connectivity index (χ2v) is 3.46. The molecular weight excluding hydrogens is 196 g/mol. The molecule has 0 atom stereocenters. The number of esters is 1. The van der Waals surface area contributed by atoms with Crippen molar-refractivity contribution in [1.82, 2.24) is 10.2 Å². The van der Waals surface area contributed by atoms with Crippen LogP contribution in [0.25, 0.3) is 0 Å². The van der Waals surface area contributed by atoms with Crippen molar-refractivity contribution < 1.29 is 14.3 Å². The van der Waals surface area contributed by atoms with Crippen LogP contribution >= 0.6 is 0 Å². The Morgan fingerprint density at radius 1 is 1.67 bits per heavy atom. The van der Waals surface area contributed by atoms with Crippen molar-refractivity contribution in [2.75, 3.05) is 33.3 Å². The van der Waals surface area contributed by atoms with E-state index in [0.29, 0.717) is 25.2 Å². The van der Waals surface area contributed by atoms with Crippen LogP contribution in [0, 0.1) is 0 Å². The summed E-state index contributed by atoms with van der Waals surface area (Å²) in [6.07, 6.45) is 1.78. The summed E-state index contributed by atoms with van der Waals surface area (Å²) in [5, 5.41) is 2.74. The van der Waals surface area contributed by atoms with Crippen LogP contribution in [0.3, 0.4) is 0 Å². The molecule has 0 bridgehead atoms. The third kappa shape index (κ3) is 3.71. The summed E-state index contributed by atoms with van der Waals surface area (Å²) in [6, 6.07) is 0. The zero-order valence-corrected chi connectivity index (χ0v) is 9.08. The smallest absolute Gasteiger partial charge is 0.333 e. The van der Waals surface area contributed by atoms with Gasteiger partial charge in [-0.2, -0.15) is 0 Å². The Balaban J connectivity index is 2.41. The normalized spacial score (nSPS) is 18.5. The first-order valence-electron chi connectivity index (χ1n) is 4.87. The van der Waals surface area contributed by atoms with Gasteiger partial charge in [0.2, 0.25) is 5.91 Å². The van der Waals surface area contributed by atoms with Gasteiger partial charge in [-0.05, 0) is 6.92 Å². The number of piperazine rings is 1. The van der Waals surface area contributed by atoms with Crippen LogP contribution in [0.2, 0.25) is 0 Å². The topological polar surface area (TPSA) is 58.6 Å². The molecule has 1 fully saturated rings. The Kier molecular flexibility index (Phi) is 4.30. The number of methoxy groups -OCH3 is 1. The molecule has 1 saturated heterocycles. The van der Waals surface area contributed by atoms with E-state index in [-0.39, 0.29) is 11.9 Å². The van der Waals surface area contributed by atoms with Gasteiger partial charge in [0.05, 0.1) is 13.7 Å². The first kappa shape index (κ1) is 11.7. The summed E-state index contributed by atoms with van der Waals surface area (Å²) in [7, 11) is 1.36. The van der Waals surface area contributed by atoms with Crippen molar-refractivity contribution in [3.8, 4) is 0 Å². The highest BCUT2D eigenvalue weighted by molar-refractivity contribution is 5.87. The van der Waals surface area contributed by atoms with Gasteiger partial charge in [0, 0.05) is 25.2 Å². The number of nitrogens with zero attached hydrogens (tertiary/aromatic N) is 1. The third-order valence-corrected chi connectivity index (χ3v) is 2.28. The SMILES string of the molecule is COC(=O)C(C)=CCN1CCNC(=O)C1. The fourth-order valence-electron chi connectivity index (χ4n) is 1.36. The predicted molar refractivity (Wildman–Crippen MR) is 55.2 cm³/mol. The largest absolute Gasteiger partial charge is 0.466 e. The molecule has 0 aliphatic carbocycles. The van der Waals surface area contributed by atoms with Gasteiger partial charge in [0.25, 0.3) is 0 Å². The van der Waals surface area contributed by atoms with E-state index in [0.717, 1.165) is 6.54 Å². The van der Waals surface area contributed by atoms with E-state index in [1.54, 1.807) is 13.0 Å². The standard InChI is InChI=1S/C10H16N2O3/c1-8(10(14)15-2)3-5-12-6-4-11-9(13)7-12/h3H,4-7H2,1-2H3,(H,11,13). The van der Waals surface area contributed by atoms with E-state index >= 15 is 0 Å². The van der Waals surface area contributed by atoms with Crippen molar-refractivity contribution in [3.05, 3.63) is 11.6 Å². The Hall–Kier alpha value is -1.36. The zero-order valence-electron chi connectivity index (χ0n) is 9.08. The molecule has 84 valence electrons. The number of amides is 1. The molecule has 0 aromatic rings. The summed E-state index contributed by atoms with van der Waals surface area (Å²) < 4.78 is 4.57. The lowest BCUT2D eigenvalue weighted by molar-refractivity contribution is -0.136. The molecule has 1 aliphatic rings. The highest BCUT2D eigenvalue weighted by Crippen LogP contribution is 1.99. The molecule has 15 heavy (non-hydrogen) atoms. The average molecular weight is 212 g/mol. The number of carbonyl (C=O) groups excluding carboxylic acids is 2. The number of rotatable bonds is 3. The van der Waals surface area contributed by atoms with Crippen molar-refractivity contribution in [2.45, 2.75) is 6.92 Å². The summed E-state index contributed by atoms with van der Waals surface area (Å²) >= 11 is 0. The average Bonchev–Trinajstić information content (AvgIpc) is 2.25. The summed E-state index contributed by atoms with van der Waals surface area (Å²) in [6.45, 7) is 4.19. The molecule has 1 amide bonds. The second-order valence-electron chi connectivity index (χ2n) is 3.46. The Morgan fingerprint density at radius 3 is 3.00 bits per heavy atom. The highest BCUT2D eigenvalue weighted by Gasteiger charge is 2.14. The Labute approximate surface area is 89.1 Å². The molecule has 0 saturated carbocycles. The molecule has 0 radical (unpaired) electrons. The second kappa shape index (κ2) is 5.50. The first-order valence-corrected chi connectivity index (χ1v) is 4.87. The number of carbonyl (C=O) groups is 2. The maximum absolute atomic E-state index is 11.1. The van der Waals surface area contributed by atoms with E-state index in [2.05, 4.69) is 10.1 Å². The molecule has 0 aromatic heterocycles. The molecule has 1 rings (SSSR count). The summed E-state index contributed by atoms with van der Waals surface area (Å²) in [5.41, 5.74) is 0.573. The number of hydrogen-bond acceptors (Lipinski definition) is 4. The number of hydrogen-bond donors (Lipinski definition) is 1. The van der Waals surface area contributed by atoms with Gasteiger partial charge >= 0.3 is 5.97 Å². The molecule has 1 heterocycles. The van der Waals surface area contributed by atoms with Crippen molar-refractivity contribution in [1.29, 1.82) is 0 Å². The van der Waals surface area contributed by atoms with Crippen molar-refractivity contribution in [2.24, 2.45) is 0 Å². The van der Waals surface area contributed by atoms with Crippen LogP contribution in [0.15, 0.2) is 11.6 Å². The minimum atomic E-state index is -0.323. The third-order valence-electron chi connectivity index (χ3n) is 2.28. The van der Waals surface area contributed by atoms with Crippen LogP contribution in [-0.4, -0.2) is 50.1 Å². The van der Waals surface area contributed by atoms with Gasteiger partial charge in [0.15, 0.2) is 0 Å². The maximum atomic E-state index is 11.1. The quantitative estimate of drug-likeness (QED) is 0.508. The fraction of sp³-hybridized carbons (Fsp3) is 0.600. The van der Waals surface area contributed by atoms with Crippen molar-refractivity contribution >= 4 is 11.9 Å². The fourth-order valence-corrected chi connectivity index (χ4v) is 1.36. The molecule has 1 N–H and O–H groups in total. The Morgan fingerprint density at radius 2 is 2.40 bits per heavy atom. The van der Waals surface area contributed by atoms with E-state index < -0.39 is 0 Å². The maximum Gasteiger partial charge on any atom is 0.333 e.